The second kappa shape index (κ2) is 8.24. The Hall–Kier alpha value is -3.52. The first-order chi connectivity index (χ1) is 13.7. The van der Waals surface area contributed by atoms with Gasteiger partial charge in [0.15, 0.2) is 5.70 Å². The highest BCUT2D eigenvalue weighted by Gasteiger charge is 2.26. The van der Waals surface area contributed by atoms with Gasteiger partial charge in [-0.1, -0.05) is 37.6 Å². The Morgan fingerprint density at radius 2 is 1.93 bits per heavy atom. The summed E-state index contributed by atoms with van der Waals surface area (Å²) in [6.07, 6.45) is 1.50. The van der Waals surface area contributed by atoms with Gasteiger partial charge >= 0.3 is 11.9 Å². The minimum Gasteiger partial charge on any atom is -0.426 e. The van der Waals surface area contributed by atoms with E-state index in [1.807, 2.05) is 0 Å². The SMILES string of the molecule is CC(C)C(=O)Oc1ccc(/C=C2\N=C(c3ccc([N+](=O)[O-])cc3Cl)OC2=O)cc1. The lowest BCUT2D eigenvalue weighted by molar-refractivity contribution is -0.384. The van der Waals surface area contributed by atoms with Gasteiger partial charge in [-0.25, -0.2) is 9.79 Å². The fourth-order valence-electron chi connectivity index (χ4n) is 2.34. The van der Waals surface area contributed by atoms with Crippen LogP contribution in [0, 0.1) is 16.0 Å². The Kier molecular flexibility index (Phi) is 5.74. The summed E-state index contributed by atoms with van der Waals surface area (Å²) in [7, 11) is 0. The van der Waals surface area contributed by atoms with Gasteiger partial charge in [-0.2, -0.15) is 0 Å². The third-order valence-electron chi connectivity index (χ3n) is 3.89. The maximum atomic E-state index is 12.1. The lowest BCUT2D eigenvalue weighted by Crippen LogP contribution is -2.14. The van der Waals surface area contributed by atoms with Gasteiger partial charge in [-0.15, -0.1) is 0 Å². The molecule has 0 aliphatic carbocycles. The summed E-state index contributed by atoms with van der Waals surface area (Å²) in [5.74, 6) is -0.913. The molecule has 1 aliphatic heterocycles. The monoisotopic (exact) mass is 414 g/mol. The first kappa shape index (κ1) is 20.2. The molecule has 1 aliphatic rings. The Bertz CT molecular complexity index is 1060. The largest absolute Gasteiger partial charge is 0.426 e. The van der Waals surface area contributed by atoms with Crippen molar-refractivity contribution in [1.82, 2.24) is 0 Å². The normalized spacial score (nSPS) is 14.7. The fraction of sp³-hybridized carbons (Fsp3) is 0.150. The summed E-state index contributed by atoms with van der Waals surface area (Å²) < 4.78 is 10.3. The van der Waals surface area contributed by atoms with Crippen molar-refractivity contribution in [2.75, 3.05) is 0 Å². The summed E-state index contributed by atoms with van der Waals surface area (Å²) in [5.41, 5.74) is 0.769. The molecule has 0 atom stereocenters. The lowest BCUT2D eigenvalue weighted by Gasteiger charge is -2.06. The second-order valence-electron chi connectivity index (χ2n) is 6.40. The Morgan fingerprint density at radius 3 is 2.52 bits per heavy atom. The van der Waals surface area contributed by atoms with Gasteiger partial charge in [0.2, 0.25) is 5.90 Å². The molecule has 0 fully saturated rings. The van der Waals surface area contributed by atoms with Crippen LogP contribution in [0.1, 0.15) is 25.0 Å². The highest BCUT2D eigenvalue weighted by molar-refractivity contribution is 6.34. The second-order valence-corrected chi connectivity index (χ2v) is 6.81. The van der Waals surface area contributed by atoms with E-state index >= 15 is 0 Å². The molecule has 29 heavy (non-hydrogen) atoms. The maximum absolute atomic E-state index is 12.1. The highest BCUT2D eigenvalue weighted by atomic mass is 35.5. The van der Waals surface area contributed by atoms with Crippen molar-refractivity contribution < 1.29 is 24.0 Å². The number of esters is 2. The van der Waals surface area contributed by atoms with E-state index in [1.54, 1.807) is 38.1 Å². The third-order valence-corrected chi connectivity index (χ3v) is 4.20. The minimum absolute atomic E-state index is 0.0383. The first-order valence-electron chi connectivity index (χ1n) is 8.53. The lowest BCUT2D eigenvalue weighted by atomic mass is 10.2. The molecule has 0 N–H and O–H groups in total. The van der Waals surface area contributed by atoms with Crippen LogP contribution in [0.25, 0.3) is 6.08 Å². The molecule has 0 spiro atoms. The van der Waals surface area contributed by atoms with Crippen LogP contribution >= 0.6 is 11.6 Å². The molecule has 9 heteroatoms. The number of carbonyl (C=O) groups excluding carboxylic acids is 2. The molecular formula is C20H15ClN2O6. The predicted molar refractivity (Wildman–Crippen MR) is 106 cm³/mol. The summed E-state index contributed by atoms with van der Waals surface area (Å²) in [6, 6.07) is 10.3. The van der Waals surface area contributed by atoms with Crippen LogP contribution in [0.15, 0.2) is 53.2 Å². The molecule has 2 aromatic carbocycles. The maximum Gasteiger partial charge on any atom is 0.363 e. The Labute approximate surface area is 170 Å². The van der Waals surface area contributed by atoms with E-state index in [2.05, 4.69) is 4.99 Å². The van der Waals surface area contributed by atoms with E-state index in [0.29, 0.717) is 11.3 Å². The van der Waals surface area contributed by atoms with Crippen molar-refractivity contribution >= 4 is 41.2 Å². The Balaban J connectivity index is 1.82. The van der Waals surface area contributed by atoms with Gasteiger partial charge in [-0.05, 0) is 29.8 Å². The van der Waals surface area contributed by atoms with Crippen molar-refractivity contribution in [1.29, 1.82) is 0 Å². The number of nitro benzene ring substituents is 1. The van der Waals surface area contributed by atoms with Gasteiger partial charge in [0.1, 0.15) is 5.75 Å². The van der Waals surface area contributed by atoms with Crippen molar-refractivity contribution in [2.24, 2.45) is 10.9 Å². The number of rotatable bonds is 5. The van der Waals surface area contributed by atoms with Gasteiger partial charge in [0.05, 0.1) is 21.4 Å². The van der Waals surface area contributed by atoms with Crippen molar-refractivity contribution in [3.63, 3.8) is 0 Å². The van der Waals surface area contributed by atoms with Gasteiger partial charge in [0.25, 0.3) is 5.69 Å². The van der Waals surface area contributed by atoms with E-state index in [9.17, 15) is 19.7 Å². The number of nitro groups is 1. The molecule has 0 unspecified atom stereocenters. The van der Waals surface area contributed by atoms with Crippen molar-refractivity contribution in [3.8, 4) is 5.75 Å². The molecule has 1 heterocycles. The molecule has 3 rings (SSSR count). The van der Waals surface area contributed by atoms with E-state index in [1.165, 1.54) is 18.2 Å². The number of carbonyl (C=O) groups is 2. The van der Waals surface area contributed by atoms with E-state index < -0.39 is 10.9 Å². The van der Waals surface area contributed by atoms with Crippen molar-refractivity contribution in [3.05, 3.63) is 74.4 Å². The number of hydrogen-bond acceptors (Lipinski definition) is 7. The molecule has 0 bridgehead atoms. The molecule has 0 amide bonds. The zero-order chi connectivity index (χ0) is 21.1. The van der Waals surface area contributed by atoms with Crippen LogP contribution in [0.5, 0.6) is 5.75 Å². The average Bonchev–Trinajstić information content (AvgIpc) is 3.03. The molecule has 0 aromatic heterocycles. The highest BCUT2D eigenvalue weighted by Crippen LogP contribution is 2.27. The van der Waals surface area contributed by atoms with E-state index in [-0.39, 0.29) is 39.8 Å². The minimum atomic E-state index is -0.676. The van der Waals surface area contributed by atoms with Crippen LogP contribution < -0.4 is 4.74 Å². The fourth-order valence-corrected chi connectivity index (χ4v) is 2.59. The number of hydrogen-bond donors (Lipinski definition) is 0. The van der Waals surface area contributed by atoms with Crippen LogP contribution in [-0.4, -0.2) is 22.8 Å². The molecule has 8 nitrogen and oxygen atoms in total. The first-order valence-corrected chi connectivity index (χ1v) is 8.91. The predicted octanol–water partition coefficient (Wildman–Crippen LogP) is 4.15. The number of halogens is 1. The summed E-state index contributed by atoms with van der Waals surface area (Å²) in [6.45, 7) is 3.47. The molecule has 2 aromatic rings. The van der Waals surface area contributed by atoms with Crippen LogP contribution in [0.2, 0.25) is 5.02 Å². The van der Waals surface area contributed by atoms with Gasteiger partial charge in [0, 0.05) is 12.1 Å². The quantitative estimate of drug-likeness (QED) is 0.239. The standard InChI is InChI=1S/C20H15ClN2O6/c1-11(2)19(24)28-14-6-3-12(4-7-14)9-17-20(25)29-18(22-17)15-8-5-13(23(26)27)10-16(15)21/h3-11H,1-2H3/b17-9-. The van der Waals surface area contributed by atoms with Crippen molar-refractivity contribution in [2.45, 2.75) is 13.8 Å². The number of nitrogens with zero attached hydrogens (tertiary/aromatic N) is 2. The smallest absolute Gasteiger partial charge is 0.363 e. The number of cyclic esters (lactones) is 1. The van der Waals surface area contributed by atoms with Gasteiger partial charge in [-0.3, -0.25) is 14.9 Å². The molecule has 0 saturated carbocycles. The summed E-state index contributed by atoms with van der Waals surface area (Å²) in [5, 5.41) is 10.8. The molecule has 0 radical (unpaired) electrons. The number of aliphatic imine (C=N–C) groups is 1. The van der Waals surface area contributed by atoms with Crippen LogP contribution in [-0.2, 0) is 14.3 Å². The topological polar surface area (TPSA) is 108 Å². The zero-order valence-corrected chi connectivity index (χ0v) is 16.2. The van der Waals surface area contributed by atoms with Crippen LogP contribution in [0.4, 0.5) is 5.69 Å². The number of benzene rings is 2. The summed E-state index contributed by atoms with van der Waals surface area (Å²) in [4.78, 5) is 38.1. The number of non-ortho nitro benzene ring substituents is 1. The number of ether oxygens (including phenoxy) is 2. The third kappa shape index (κ3) is 4.67. The molecule has 148 valence electrons. The van der Waals surface area contributed by atoms with Gasteiger partial charge < -0.3 is 9.47 Å². The summed E-state index contributed by atoms with van der Waals surface area (Å²) >= 11 is 6.05. The Morgan fingerprint density at radius 1 is 1.24 bits per heavy atom. The van der Waals surface area contributed by atoms with E-state index in [0.717, 1.165) is 6.07 Å². The van der Waals surface area contributed by atoms with E-state index in [4.69, 9.17) is 21.1 Å². The van der Waals surface area contributed by atoms with Crippen LogP contribution in [0.3, 0.4) is 0 Å². The average molecular weight is 415 g/mol. The zero-order valence-electron chi connectivity index (χ0n) is 15.4. The molecule has 0 saturated heterocycles. The molecular weight excluding hydrogens is 400 g/mol.